The molecular weight excluding hydrogens is 552 g/mol. The fourth-order valence-electron chi connectivity index (χ4n) is 3.14. The fourth-order valence-corrected chi connectivity index (χ4v) is 3.72. The number of hydrogen-bond donors (Lipinski definition) is 3. The summed E-state index contributed by atoms with van der Waals surface area (Å²) in [5.74, 6) is -2.62. The average Bonchev–Trinajstić information content (AvgIpc) is 3.21. The number of hydrogen-bond acceptors (Lipinski definition) is 6. The highest BCUT2D eigenvalue weighted by molar-refractivity contribution is 14.1. The van der Waals surface area contributed by atoms with Gasteiger partial charge in [0.05, 0.1) is 7.11 Å². The number of amides is 1. The van der Waals surface area contributed by atoms with E-state index in [4.69, 9.17) is 0 Å². The Morgan fingerprint density at radius 2 is 1.82 bits per heavy atom. The van der Waals surface area contributed by atoms with Crippen LogP contribution in [0.4, 0.5) is 19.0 Å². The molecule has 12 heteroatoms. The van der Waals surface area contributed by atoms with Crippen LogP contribution in [0.3, 0.4) is 0 Å². The molecule has 4 rings (SSSR count). The lowest BCUT2D eigenvalue weighted by Crippen LogP contribution is -2.24. The molecule has 0 aliphatic heterocycles. The van der Waals surface area contributed by atoms with Crippen molar-refractivity contribution in [2.75, 3.05) is 12.4 Å². The van der Waals surface area contributed by atoms with Gasteiger partial charge in [-0.15, -0.1) is 0 Å². The minimum atomic E-state index is -0.821. The van der Waals surface area contributed by atoms with Crippen molar-refractivity contribution in [3.8, 4) is 5.75 Å². The normalized spacial score (nSPS) is 10.9. The van der Waals surface area contributed by atoms with Crippen molar-refractivity contribution in [1.29, 1.82) is 0 Å². The summed E-state index contributed by atoms with van der Waals surface area (Å²) in [6.45, 7) is 0.223. The van der Waals surface area contributed by atoms with E-state index in [1.807, 2.05) is 22.6 Å². The molecular formula is C21H16F3IN6O2. The summed E-state index contributed by atoms with van der Waals surface area (Å²) in [6, 6.07) is 6.84. The maximum absolute atomic E-state index is 13.9. The van der Waals surface area contributed by atoms with E-state index in [2.05, 4.69) is 35.5 Å². The highest BCUT2D eigenvalue weighted by Gasteiger charge is 2.18. The van der Waals surface area contributed by atoms with E-state index >= 15 is 0 Å². The molecule has 0 spiro atoms. The standard InChI is InChI=1S/C21H16F3IN6O2/c1-33-19-13(23)4-11(5-14(19)24)8-26-20-17-16(30-31-20)18(29-9-28-17)21(32)27-7-10-2-3-12(22)15(25)6-10/h2-6,9H,7-8H2,1H3,(H,27,32)(H2,26,30,31). The number of carbonyl (C=O) groups is 1. The Hall–Kier alpha value is -3.42. The monoisotopic (exact) mass is 568 g/mol. The van der Waals surface area contributed by atoms with Crippen LogP contribution in [0, 0.1) is 21.0 Å². The Bertz CT molecular complexity index is 1320. The van der Waals surface area contributed by atoms with Gasteiger partial charge in [0.1, 0.15) is 23.2 Å². The second-order valence-corrected chi connectivity index (χ2v) is 8.06. The van der Waals surface area contributed by atoms with E-state index in [-0.39, 0.29) is 30.4 Å². The molecule has 0 atom stereocenters. The van der Waals surface area contributed by atoms with Gasteiger partial charge in [0.2, 0.25) is 0 Å². The molecule has 4 aromatic rings. The highest BCUT2D eigenvalue weighted by atomic mass is 127. The third-order valence-corrected chi connectivity index (χ3v) is 5.55. The zero-order valence-corrected chi connectivity index (χ0v) is 19.2. The number of nitrogens with zero attached hydrogens (tertiary/aromatic N) is 3. The first-order valence-electron chi connectivity index (χ1n) is 9.54. The Balaban J connectivity index is 1.49. The smallest absolute Gasteiger partial charge is 0.272 e. The number of rotatable bonds is 7. The van der Waals surface area contributed by atoms with Gasteiger partial charge in [-0.3, -0.25) is 9.89 Å². The third kappa shape index (κ3) is 4.84. The quantitative estimate of drug-likeness (QED) is 0.292. The van der Waals surface area contributed by atoms with Crippen LogP contribution < -0.4 is 15.4 Å². The van der Waals surface area contributed by atoms with Crippen LogP contribution >= 0.6 is 22.6 Å². The van der Waals surface area contributed by atoms with Crippen LogP contribution in [0.25, 0.3) is 11.0 Å². The number of carbonyl (C=O) groups excluding carboxylic acids is 1. The predicted molar refractivity (Wildman–Crippen MR) is 122 cm³/mol. The van der Waals surface area contributed by atoms with Gasteiger partial charge >= 0.3 is 0 Å². The zero-order chi connectivity index (χ0) is 23.5. The first-order valence-corrected chi connectivity index (χ1v) is 10.6. The summed E-state index contributed by atoms with van der Waals surface area (Å²) in [5.41, 5.74) is 1.74. The number of ether oxygens (including phenoxy) is 1. The molecule has 2 heterocycles. The van der Waals surface area contributed by atoms with E-state index in [0.717, 1.165) is 17.7 Å². The van der Waals surface area contributed by atoms with Crippen LogP contribution in [0.15, 0.2) is 36.7 Å². The van der Waals surface area contributed by atoms with Crippen LogP contribution in [-0.4, -0.2) is 33.2 Å². The molecule has 0 radical (unpaired) electrons. The van der Waals surface area contributed by atoms with Crippen LogP contribution in [0.2, 0.25) is 0 Å². The van der Waals surface area contributed by atoms with Crippen molar-refractivity contribution < 1.29 is 22.7 Å². The molecule has 0 saturated carbocycles. The molecule has 0 bridgehead atoms. The number of anilines is 1. The number of methoxy groups -OCH3 is 1. The Labute approximate surface area is 199 Å². The molecule has 170 valence electrons. The molecule has 3 N–H and O–H groups in total. The molecule has 0 aliphatic rings. The van der Waals surface area contributed by atoms with Crippen molar-refractivity contribution in [3.63, 3.8) is 0 Å². The van der Waals surface area contributed by atoms with Gasteiger partial charge in [0.25, 0.3) is 5.91 Å². The second kappa shape index (κ2) is 9.60. The first-order chi connectivity index (χ1) is 15.9. The van der Waals surface area contributed by atoms with E-state index in [9.17, 15) is 18.0 Å². The summed E-state index contributed by atoms with van der Waals surface area (Å²) in [6.07, 6.45) is 1.21. The van der Waals surface area contributed by atoms with Gasteiger partial charge in [-0.2, -0.15) is 5.10 Å². The van der Waals surface area contributed by atoms with Gasteiger partial charge in [0, 0.05) is 16.7 Å². The minimum Gasteiger partial charge on any atom is -0.491 e. The topological polar surface area (TPSA) is 105 Å². The van der Waals surface area contributed by atoms with Crippen molar-refractivity contribution in [2.24, 2.45) is 0 Å². The molecule has 2 aromatic heterocycles. The van der Waals surface area contributed by atoms with E-state index in [0.29, 0.717) is 20.2 Å². The van der Waals surface area contributed by atoms with Crippen LogP contribution in [-0.2, 0) is 13.1 Å². The average molecular weight is 568 g/mol. The second-order valence-electron chi connectivity index (χ2n) is 6.90. The maximum atomic E-state index is 13.9. The molecule has 2 aromatic carbocycles. The molecule has 1 amide bonds. The van der Waals surface area contributed by atoms with E-state index in [1.165, 1.54) is 19.5 Å². The van der Waals surface area contributed by atoms with E-state index < -0.39 is 23.3 Å². The Kier molecular flexibility index (Phi) is 6.62. The lowest BCUT2D eigenvalue weighted by atomic mass is 10.2. The molecule has 0 fully saturated rings. The summed E-state index contributed by atoms with van der Waals surface area (Å²) in [5, 5.41) is 12.5. The summed E-state index contributed by atoms with van der Waals surface area (Å²) < 4.78 is 46.4. The number of halogens is 4. The fraction of sp³-hybridized carbons (Fsp3) is 0.143. The largest absolute Gasteiger partial charge is 0.491 e. The summed E-state index contributed by atoms with van der Waals surface area (Å²) in [4.78, 5) is 20.8. The minimum absolute atomic E-state index is 0.0481. The molecule has 0 aliphatic carbocycles. The lowest BCUT2D eigenvalue weighted by molar-refractivity contribution is 0.0947. The summed E-state index contributed by atoms with van der Waals surface area (Å²) in [7, 11) is 1.18. The van der Waals surface area contributed by atoms with Crippen molar-refractivity contribution in [1.82, 2.24) is 25.5 Å². The van der Waals surface area contributed by atoms with Gasteiger partial charge < -0.3 is 15.4 Å². The molecule has 0 unspecified atom stereocenters. The van der Waals surface area contributed by atoms with Crippen molar-refractivity contribution in [3.05, 3.63) is 74.5 Å². The van der Waals surface area contributed by atoms with E-state index in [1.54, 1.807) is 12.1 Å². The predicted octanol–water partition coefficient (Wildman–Crippen LogP) is 3.93. The Morgan fingerprint density at radius 3 is 2.52 bits per heavy atom. The lowest BCUT2D eigenvalue weighted by Gasteiger charge is -2.08. The van der Waals surface area contributed by atoms with Gasteiger partial charge in [-0.05, 0) is 58.0 Å². The number of nitrogens with one attached hydrogen (secondary N) is 3. The van der Waals surface area contributed by atoms with Gasteiger partial charge in [-0.25, -0.2) is 23.1 Å². The number of fused-ring (bicyclic) bond motifs is 1. The molecule has 8 nitrogen and oxygen atoms in total. The van der Waals surface area contributed by atoms with Gasteiger partial charge in [0.15, 0.2) is 28.9 Å². The third-order valence-electron chi connectivity index (χ3n) is 4.73. The number of H-pyrrole nitrogens is 1. The van der Waals surface area contributed by atoms with Gasteiger partial charge in [-0.1, -0.05) is 6.07 Å². The van der Waals surface area contributed by atoms with Crippen LogP contribution in [0.5, 0.6) is 5.75 Å². The first kappa shape index (κ1) is 22.8. The number of benzene rings is 2. The SMILES string of the molecule is COc1c(F)cc(CNc2n[nH]c3c(C(=O)NCc4ccc(F)c(I)c4)ncnc23)cc1F. The molecule has 0 saturated heterocycles. The number of aromatic nitrogens is 4. The Morgan fingerprint density at radius 1 is 1.06 bits per heavy atom. The maximum Gasteiger partial charge on any atom is 0.272 e. The zero-order valence-electron chi connectivity index (χ0n) is 17.0. The molecule has 33 heavy (non-hydrogen) atoms. The number of aromatic amines is 1. The summed E-state index contributed by atoms with van der Waals surface area (Å²) >= 11 is 1.88. The van der Waals surface area contributed by atoms with Crippen molar-refractivity contribution in [2.45, 2.75) is 13.1 Å². The van der Waals surface area contributed by atoms with Crippen LogP contribution in [0.1, 0.15) is 21.6 Å². The highest BCUT2D eigenvalue weighted by Crippen LogP contribution is 2.24. The van der Waals surface area contributed by atoms with Crippen molar-refractivity contribution >= 4 is 45.3 Å².